The number of hydrogen-bond donors (Lipinski definition) is 1. The van der Waals surface area contributed by atoms with Gasteiger partial charge in [-0.05, 0) is 0 Å². The van der Waals surface area contributed by atoms with Gasteiger partial charge in [0, 0.05) is 0 Å². The normalized spacial score (nSPS) is 13.3. The first kappa shape index (κ1) is 20.0. The summed E-state index contributed by atoms with van der Waals surface area (Å²) in [5.41, 5.74) is 1.32. The van der Waals surface area contributed by atoms with Crippen molar-refractivity contribution in [1.29, 1.82) is 0 Å². The fraction of sp³-hybridized carbons (Fsp3) is 0.700. The Balaban J connectivity index is 2.86. The van der Waals surface area contributed by atoms with Crippen LogP contribution >= 0.6 is 0 Å². The summed E-state index contributed by atoms with van der Waals surface area (Å²) in [5.74, 6) is 0. The molecule has 0 aliphatic carbocycles. The molecule has 0 heterocycles. The molecule has 1 aromatic rings. The minimum atomic E-state index is -2.47. The number of aliphatic hydroxyl groups is 1. The van der Waals surface area contributed by atoms with Gasteiger partial charge >= 0.3 is 143 Å². The zero-order chi connectivity index (χ0) is 16.3. The molecule has 0 aromatic heterocycles. The summed E-state index contributed by atoms with van der Waals surface area (Å²) in [6.07, 6.45) is 8.70. The summed E-state index contributed by atoms with van der Waals surface area (Å²) < 4.78 is 4.17. The molecule has 126 valence electrons. The van der Waals surface area contributed by atoms with E-state index in [0.29, 0.717) is 0 Å². The summed E-state index contributed by atoms with van der Waals surface area (Å²) in [5, 5.41) is 11.2. The summed E-state index contributed by atoms with van der Waals surface area (Å²) in [4.78, 5) is 0. The molecule has 0 aliphatic rings. The van der Waals surface area contributed by atoms with Crippen LogP contribution in [0.4, 0.5) is 0 Å². The zero-order valence-corrected chi connectivity index (χ0v) is 17.8. The van der Waals surface area contributed by atoms with Crippen molar-refractivity contribution < 1.29 is 5.11 Å². The molecular weight excluding hydrogens is 375 g/mol. The van der Waals surface area contributed by atoms with Crippen LogP contribution in [0.2, 0.25) is 13.3 Å². The predicted octanol–water partition coefficient (Wildman–Crippen LogP) is 5.98. The number of benzene rings is 1. The average molecular weight is 411 g/mol. The molecule has 1 unspecified atom stereocenters. The van der Waals surface area contributed by atoms with Gasteiger partial charge in [-0.3, -0.25) is 0 Å². The third-order valence-electron chi connectivity index (χ3n) is 5.06. The van der Waals surface area contributed by atoms with E-state index in [2.05, 4.69) is 51.1 Å². The van der Waals surface area contributed by atoms with Gasteiger partial charge in [0.1, 0.15) is 0 Å². The van der Waals surface area contributed by atoms with Gasteiger partial charge < -0.3 is 0 Å². The second-order valence-electron chi connectivity index (χ2n) is 6.88. The molecular formula is C20H36OSn. The molecule has 0 saturated carbocycles. The Morgan fingerprint density at radius 3 is 1.68 bits per heavy atom. The number of rotatable bonds is 12. The van der Waals surface area contributed by atoms with Crippen molar-refractivity contribution >= 4 is 18.4 Å². The molecule has 2 heteroatoms. The van der Waals surface area contributed by atoms with Crippen molar-refractivity contribution in [3.05, 3.63) is 35.9 Å². The van der Waals surface area contributed by atoms with Gasteiger partial charge in [0.2, 0.25) is 0 Å². The fourth-order valence-electron chi connectivity index (χ4n) is 3.52. The fourth-order valence-corrected chi connectivity index (χ4v) is 19.5. The van der Waals surface area contributed by atoms with Crippen molar-refractivity contribution in [3.8, 4) is 0 Å². The van der Waals surface area contributed by atoms with Gasteiger partial charge in [0.25, 0.3) is 0 Å². The van der Waals surface area contributed by atoms with Crippen LogP contribution in [0.3, 0.4) is 0 Å². The Hall–Kier alpha value is -0.0213. The van der Waals surface area contributed by atoms with Crippen molar-refractivity contribution in [2.45, 2.75) is 83.1 Å². The number of hydrogen-bond acceptors (Lipinski definition) is 1. The molecule has 1 aromatic carbocycles. The maximum absolute atomic E-state index is 11.2. The van der Waals surface area contributed by atoms with Crippen LogP contribution in [0.15, 0.2) is 30.3 Å². The van der Waals surface area contributed by atoms with Crippen LogP contribution in [0, 0.1) is 0 Å². The van der Waals surface area contributed by atoms with E-state index in [9.17, 15) is 5.11 Å². The molecule has 1 atom stereocenters. The van der Waals surface area contributed by atoms with Crippen LogP contribution in [-0.2, 0) is 6.42 Å². The molecule has 1 N–H and O–H groups in total. The Morgan fingerprint density at radius 2 is 1.27 bits per heavy atom. The van der Waals surface area contributed by atoms with E-state index in [-0.39, 0.29) is 4.12 Å². The molecule has 22 heavy (non-hydrogen) atoms. The third kappa shape index (κ3) is 6.62. The first-order chi connectivity index (χ1) is 10.7. The summed E-state index contributed by atoms with van der Waals surface area (Å²) >= 11 is -2.47. The number of unbranched alkanes of at least 4 members (excludes halogenated alkanes) is 3. The molecule has 0 bridgehead atoms. The van der Waals surface area contributed by atoms with Gasteiger partial charge in [0.15, 0.2) is 0 Å². The van der Waals surface area contributed by atoms with Crippen LogP contribution in [0.25, 0.3) is 0 Å². The summed E-state index contributed by atoms with van der Waals surface area (Å²) in [6.45, 7) is 6.87. The predicted molar refractivity (Wildman–Crippen MR) is 101 cm³/mol. The van der Waals surface area contributed by atoms with E-state index in [1.165, 1.54) is 57.4 Å². The Bertz CT molecular complexity index is 355. The second kappa shape index (κ2) is 11.5. The van der Waals surface area contributed by atoms with E-state index in [4.69, 9.17) is 0 Å². The van der Waals surface area contributed by atoms with Crippen LogP contribution in [-0.4, -0.2) is 27.6 Å². The quantitative estimate of drug-likeness (QED) is 0.420. The zero-order valence-electron chi connectivity index (χ0n) is 15.0. The SMILES string of the molecule is CCC[CH2][Sn]([CH2]CCC)([CH2]CCC)[CH](O)Cc1ccccc1. The van der Waals surface area contributed by atoms with Gasteiger partial charge in [-0.1, -0.05) is 0 Å². The van der Waals surface area contributed by atoms with E-state index in [1.54, 1.807) is 0 Å². The molecule has 0 radical (unpaired) electrons. The molecule has 1 rings (SSSR count). The summed E-state index contributed by atoms with van der Waals surface area (Å²) in [6, 6.07) is 10.6. The Kier molecular flexibility index (Phi) is 10.5. The molecule has 0 amide bonds. The van der Waals surface area contributed by atoms with Crippen molar-refractivity contribution in [2.75, 3.05) is 0 Å². The Morgan fingerprint density at radius 1 is 0.818 bits per heavy atom. The van der Waals surface area contributed by atoms with Gasteiger partial charge in [-0.15, -0.1) is 0 Å². The molecule has 1 nitrogen and oxygen atoms in total. The first-order valence-corrected chi connectivity index (χ1v) is 17.1. The third-order valence-corrected chi connectivity index (χ3v) is 21.2. The Labute approximate surface area is 142 Å². The maximum atomic E-state index is 11.2. The van der Waals surface area contributed by atoms with Gasteiger partial charge in [-0.2, -0.15) is 0 Å². The van der Waals surface area contributed by atoms with E-state index in [1.807, 2.05) is 0 Å². The second-order valence-corrected chi connectivity index (χ2v) is 20.8. The van der Waals surface area contributed by atoms with Crippen LogP contribution in [0.5, 0.6) is 0 Å². The average Bonchev–Trinajstić information content (AvgIpc) is 2.55. The molecule has 0 spiro atoms. The number of aliphatic hydroxyl groups excluding tert-OH is 1. The van der Waals surface area contributed by atoms with E-state index in [0.717, 1.165) is 6.42 Å². The monoisotopic (exact) mass is 412 g/mol. The standard InChI is InChI=1S/C8H9O.3C4H9.Sn/c9-7-6-8-4-2-1-3-5-8;3*1-3-4-2;/h1-5,7,9H,6H2;3*1,3-4H2,2H3;. The van der Waals surface area contributed by atoms with E-state index < -0.39 is 18.4 Å². The minimum absolute atomic E-state index is 0.00125. The van der Waals surface area contributed by atoms with Crippen molar-refractivity contribution in [3.63, 3.8) is 0 Å². The van der Waals surface area contributed by atoms with E-state index >= 15 is 0 Å². The summed E-state index contributed by atoms with van der Waals surface area (Å²) in [7, 11) is 0. The van der Waals surface area contributed by atoms with Crippen molar-refractivity contribution in [1.82, 2.24) is 0 Å². The molecule has 0 saturated heterocycles. The van der Waals surface area contributed by atoms with Crippen molar-refractivity contribution in [2.24, 2.45) is 0 Å². The van der Waals surface area contributed by atoms with Gasteiger partial charge in [-0.25, -0.2) is 0 Å². The van der Waals surface area contributed by atoms with Gasteiger partial charge in [0.05, 0.1) is 0 Å². The topological polar surface area (TPSA) is 20.2 Å². The van der Waals surface area contributed by atoms with Crippen LogP contribution < -0.4 is 0 Å². The molecule has 0 fully saturated rings. The van der Waals surface area contributed by atoms with Crippen LogP contribution in [0.1, 0.15) is 64.9 Å². The molecule has 0 aliphatic heterocycles. The first-order valence-electron chi connectivity index (χ1n) is 9.40.